The number of nitrogens with one attached hydrogen (secondary N) is 2. The van der Waals surface area contributed by atoms with Crippen molar-refractivity contribution in [3.63, 3.8) is 0 Å². The van der Waals surface area contributed by atoms with Gasteiger partial charge in [-0.1, -0.05) is 12.5 Å². The van der Waals surface area contributed by atoms with Crippen molar-refractivity contribution in [3.05, 3.63) is 83.8 Å². The zero-order chi connectivity index (χ0) is 31.1. The molecule has 0 saturated carbocycles. The van der Waals surface area contributed by atoms with Crippen molar-refractivity contribution in [2.24, 2.45) is 0 Å². The SMILES string of the molecule is CS(=O)(=O)CCc1cc(F)cc(-c2ccnc3nc(-c4[nH]nc5c(F)cc(-c6cncc(CN7CCCCC7)c6)cc45)[nH]c23)c1. The average Bonchev–Trinajstić information content (AvgIpc) is 3.65. The van der Waals surface area contributed by atoms with Gasteiger partial charge in [0.2, 0.25) is 0 Å². The van der Waals surface area contributed by atoms with Gasteiger partial charge in [0, 0.05) is 47.9 Å². The predicted octanol–water partition coefficient (Wildman–Crippen LogP) is 6.08. The summed E-state index contributed by atoms with van der Waals surface area (Å²) in [7, 11) is -3.21. The van der Waals surface area contributed by atoms with E-state index in [9.17, 15) is 12.8 Å². The highest BCUT2D eigenvalue weighted by Crippen LogP contribution is 2.34. The second-order valence-corrected chi connectivity index (χ2v) is 14.0. The Balaban J connectivity index is 1.25. The predicted molar refractivity (Wildman–Crippen MR) is 170 cm³/mol. The number of fused-ring (bicyclic) bond motifs is 2. The maximum Gasteiger partial charge on any atom is 0.178 e. The second kappa shape index (κ2) is 11.8. The van der Waals surface area contributed by atoms with Crippen LogP contribution in [0.2, 0.25) is 0 Å². The number of imidazole rings is 1. The highest BCUT2D eigenvalue weighted by molar-refractivity contribution is 7.90. The first-order valence-corrected chi connectivity index (χ1v) is 16.9. The first kappa shape index (κ1) is 29.2. The molecule has 0 bridgehead atoms. The Morgan fingerprint density at radius 1 is 0.933 bits per heavy atom. The van der Waals surface area contributed by atoms with Crippen LogP contribution in [0.3, 0.4) is 0 Å². The van der Waals surface area contributed by atoms with Gasteiger partial charge in [0.05, 0.1) is 11.3 Å². The van der Waals surface area contributed by atoms with Gasteiger partial charge in [0.1, 0.15) is 26.9 Å². The molecule has 5 heterocycles. The number of hydrogen-bond acceptors (Lipinski definition) is 7. The molecule has 4 aromatic heterocycles. The molecule has 0 amide bonds. The third-order valence-electron chi connectivity index (χ3n) is 8.25. The van der Waals surface area contributed by atoms with Crippen molar-refractivity contribution in [2.75, 3.05) is 25.1 Å². The highest BCUT2D eigenvalue weighted by atomic mass is 32.2. The number of nitrogens with zero attached hydrogens (tertiary/aromatic N) is 5. The van der Waals surface area contributed by atoms with Crippen LogP contribution in [-0.2, 0) is 22.8 Å². The van der Waals surface area contributed by atoms with Crippen LogP contribution >= 0.6 is 0 Å². The van der Waals surface area contributed by atoms with Crippen LogP contribution in [0.1, 0.15) is 30.4 Å². The fourth-order valence-electron chi connectivity index (χ4n) is 6.05. The minimum Gasteiger partial charge on any atom is -0.335 e. The molecule has 0 atom stereocenters. The lowest BCUT2D eigenvalue weighted by atomic mass is 10.0. The number of halogens is 2. The summed E-state index contributed by atoms with van der Waals surface area (Å²) >= 11 is 0. The summed E-state index contributed by atoms with van der Waals surface area (Å²) in [4.78, 5) is 19.2. The molecule has 9 nitrogen and oxygen atoms in total. The van der Waals surface area contributed by atoms with E-state index < -0.39 is 21.5 Å². The third kappa shape index (κ3) is 6.20. The molecule has 1 aliphatic rings. The van der Waals surface area contributed by atoms with Crippen molar-refractivity contribution in [3.8, 4) is 33.8 Å². The van der Waals surface area contributed by atoms with Crippen LogP contribution in [0.15, 0.2) is 61.1 Å². The summed E-state index contributed by atoms with van der Waals surface area (Å²) in [6, 6.07) is 11.6. The lowest BCUT2D eigenvalue weighted by Gasteiger charge is -2.26. The van der Waals surface area contributed by atoms with Gasteiger partial charge in [0.15, 0.2) is 17.3 Å². The molecule has 0 radical (unpaired) electrons. The summed E-state index contributed by atoms with van der Waals surface area (Å²) in [5.74, 6) is -0.629. The number of aryl methyl sites for hydroxylation is 1. The monoisotopic (exact) mass is 627 g/mol. The van der Waals surface area contributed by atoms with Crippen molar-refractivity contribution in [2.45, 2.75) is 32.2 Å². The lowest BCUT2D eigenvalue weighted by Crippen LogP contribution is -2.29. The Labute approximate surface area is 258 Å². The van der Waals surface area contributed by atoms with E-state index in [0.717, 1.165) is 37.0 Å². The molecule has 7 rings (SSSR count). The van der Waals surface area contributed by atoms with E-state index >= 15 is 4.39 Å². The van der Waals surface area contributed by atoms with Crippen molar-refractivity contribution in [1.82, 2.24) is 35.0 Å². The third-order valence-corrected chi connectivity index (χ3v) is 9.20. The molecule has 0 unspecified atom stereocenters. The van der Waals surface area contributed by atoms with Gasteiger partial charge in [-0.2, -0.15) is 5.10 Å². The maximum absolute atomic E-state index is 15.4. The zero-order valence-corrected chi connectivity index (χ0v) is 25.5. The number of aromatic amines is 2. The van der Waals surface area contributed by atoms with E-state index in [1.807, 2.05) is 12.3 Å². The quantitative estimate of drug-likeness (QED) is 0.210. The van der Waals surface area contributed by atoms with Gasteiger partial charge >= 0.3 is 0 Å². The molecular formula is C33H31F2N7O2S. The number of H-pyrrole nitrogens is 2. The number of piperidine rings is 1. The number of aromatic nitrogens is 6. The van der Waals surface area contributed by atoms with Crippen LogP contribution in [0.4, 0.5) is 8.78 Å². The molecule has 1 aliphatic heterocycles. The van der Waals surface area contributed by atoms with E-state index in [1.54, 1.807) is 24.5 Å². The maximum atomic E-state index is 15.4. The number of rotatable bonds is 8. The van der Waals surface area contributed by atoms with Gasteiger partial charge in [0.25, 0.3) is 0 Å². The zero-order valence-electron chi connectivity index (χ0n) is 24.6. The molecule has 0 spiro atoms. The van der Waals surface area contributed by atoms with Gasteiger partial charge in [-0.05, 0) is 91.0 Å². The molecule has 0 aliphatic carbocycles. The fraction of sp³-hybridized carbons (Fsp3) is 0.273. The van der Waals surface area contributed by atoms with E-state index in [4.69, 9.17) is 0 Å². The first-order valence-electron chi connectivity index (χ1n) is 14.9. The molecule has 1 saturated heterocycles. The number of benzene rings is 2. The lowest BCUT2D eigenvalue weighted by molar-refractivity contribution is 0.220. The van der Waals surface area contributed by atoms with Crippen LogP contribution in [0, 0.1) is 11.6 Å². The normalized spacial score (nSPS) is 14.5. The Morgan fingerprint density at radius 2 is 1.76 bits per heavy atom. The van der Waals surface area contributed by atoms with Gasteiger partial charge < -0.3 is 4.98 Å². The minimum atomic E-state index is -3.21. The van der Waals surface area contributed by atoms with E-state index in [0.29, 0.717) is 50.3 Å². The molecule has 230 valence electrons. The van der Waals surface area contributed by atoms with E-state index in [2.05, 4.69) is 41.1 Å². The summed E-state index contributed by atoms with van der Waals surface area (Å²) < 4.78 is 53.4. The molecule has 6 aromatic rings. The molecular weight excluding hydrogens is 596 g/mol. The Kier molecular flexibility index (Phi) is 7.62. The molecule has 2 aromatic carbocycles. The largest absolute Gasteiger partial charge is 0.335 e. The Morgan fingerprint density at radius 3 is 2.58 bits per heavy atom. The summed E-state index contributed by atoms with van der Waals surface area (Å²) in [5.41, 5.74) is 5.94. The summed E-state index contributed by atoms with van der Waals surface area (Å²) in [6.07, 6.45) is 10.2. The van der Waals surface area contributed by atoms with E-state index in [-0.39, 0.29) is 17.7 Å². The summed E-state index contributed by atoms with van der Waals surface area (Å²) in [5, 5.41) is 7.71. The topological polar surface area (TPSA) is 121 Å². The van der Waals surface area contributed by atoms with Crippen LogP contribution in [0.5, 0.6) is 0 Å². The Bertz CT molecular complexity index is 2150. The van der Waals surface area contributed by atoms with Gasteiger partial charge in [-0.25, -0.2) is 27.2 Å². The molecule has 1 fully saturated rings. The van der Waals surface area contributed by atoms with Gasteiger partial charge in [-0.15, -0.1) is 0 Å². The van der Waals surface area contributed by atoms with Crippen molar-refractivity contribution in [1.29, 1.82) is 0 Å². The number of pyridine rings is 2. The standard InChI is InChI=1S/C33H31F2N7O2S/c1-45(43,44)10-6-20-11-23(14-25(34)13-20)26-5-7-37-32-30(26)38-33(39-32)31-27-15-22(16-28(35)29(27)40-41-31)24-12-21(17-36-18-24)19-42-8-3-2-4-9-42/h5,7,11-18H,2-4,6,8-10,19H2,1H3,(H,40,41)(H,37,38,39). The first-order chi connectivity index (χ1) is 21.7. The van der Waals surface area contributed by atoms with Crippen LogP contribution in [-0.4, -0.2) is 68.5 Å². The molecule has 12 heteroatoms. The van der Waals surface area contributed by atoms with Crippen LogP contribution in [0.25, 0.3) is 55.8 Å². The fourth-order valence-corrected chi connectivity index (χ4v) is 6.66. The molecule has 45 heavy (non-hydrogen) atoms. The van der Waals surface area contributed by atoms with Crippen molar-refractivity contribution < 1.29 is 17.2 Å². The van der Waals surface area contributed by atoms with Gasteiger partial charge in [-0.3, -0.25) is 15.0 Å². The van der Waals surface area contributed by atoms with E-state index in [1.165, 1.54) is 37.5 Å². The second-order valence-electron chi connectivity index (χ2n) is 11.7. The average molecular weight is 628 g/mol. The number of sulfone groups is 1. The number of hydrogen-bond donors (Lipinski definition) is 2. The summed E-state index contributed by atoms with van der Waals surface area (Å²) in [6.45, 7) is 2.95. The van der Waals surface area contributed by atoms with Crippen molar-refractivity contribution >= 4 is 31.9 Å². The molecule has 2 N–H and O–H groups in total. The number of likely N-dealkylation sites (tertiary alicyclic amines) is 1. The Hall–Kier alpha value is -4.55. The highest BCUT2D eigenvalue weighted by Gasteiger charge is 2.19. The minimum absolute atomic E-state index is 0.0832. The van der Waals surface area contributed by atoms with Crippen LogP contribution < -0.4 is 0 Å². The smallest absolute Gasteiger partial charge is 0.178 e.